The average Bonchev–Trinajstić information content (AvgIpc) is 2.61. The van der Waals surface area contributed by atoms with Crippen molar-refractivity contribution in [1.82, 2.24) is 9.38 Å². The molecule has 0 aliphatic rings. The number of ether oxygens (including phenoxy) is 1. The van der Waals surface area contributed by atoms with Crippen LogP contribution in [0.2, 0.25) is 0 Å². The Kier molecular flexibility index (Phi) is 2.64. The fourth-order valence-electron chi connectivity index (χ4n) is 1.83. The maximum absolute atomic E-state index is 11.7. The maximum atomic E-state index is 11.7. The van der Waals surface area contributed by atoms with Crippen molar-refractivity contribution in [2.45, 2.75) is 20.8 Å². The molecular formula is C12H14N2O2. The maximum Gasteiger partial charge on any atom is 0.356 e. The van der Waals surface area contributed by atoms with E-state index in [0.29, 0.717) is 12.3 Å². The summed E-state index contributed by atoms with van der Waals surface area (Å²) >= 11 is 0. The molecule has 0 bridgehead atoms. The normalized spacial score (nSPS) is 10.7. The summed E-state index contributed by atoms with van der Waals surface area (Å²) in [5.41, 5.74) is 3.37. The number of carbonyl (C=O) groups excluding carboxylic acids is 1. The summed E-state index contributed by atoms with van der Waals surface area (Å²) in [7, 11) is 0. The molecule has 2 aromatic heterocycles. The van der Waals surface area contributed by atoms with Crippen molar-refractivity contribution in [3.05, 3.63) is 35.3 Å². The minimum absolute atomic E-state index is 0.332. The van der Waals surface area contributed by atoms with Crippen LogP contribution < -0.4 is 0 Å². The number of rotatable bonds is 2. The number of nitrogens with zero attached hydrogens (tertiary/aromatic N) is 2. The van der Waals surface area contributed by atoms with Gasteiger partial charge in [0.05, 0.1) is 12.8 Å². The molecule has 0 spiro atoms. The third-order valence-corrected chi connectivity index (χ3v) is 2.42. The largest absolute Gasteiger partial charge is 0.461 e. The third kappa shape index (κ3) is 1.66. The lowest BCUT2D eigenvalue weighted by atomic mass is 10.2. The number of aromatic nitrogens is 2. The number of aryl methyl sites for hydroxylation is 2. The lowest BCUT2D eigenvalue weighted by molar-refractivity contribution is 0.0518. The summed E-state index contributed by atoms with van der Waals surface area (Å²) in [5.74, 6) is -0.332. The van der Waals surface area contributed by atoms with Crippen LogP contribution in [0.4, 0.5) is 0 Å². The first-order valence-electron chi connectivity index (χ1n) is 5.25. The zero-order valence-corrected chi connectivity index (χ0v) is 9.65. The minimum Gasteiger partial charge on any atom is -0.461 e. The summed E-state index contributed by atoms with van der Waals surface area (Å²) in [4.78, 5) is 15.9. The Morgan fingerprint density at radius 3 is 2.88 bits per heavy atom. The van der Waals surface area contributed by atoms with Crippen LogP contribution in [0.15, 0.2) is 18.3 Å². The van der Waals surface area contributed by atoms with Crippen molar-refractivity contribution in [1.29, 1.82) is 0 Å². The van der Waals surface area contributed by atoms with Crippen LogP contribution in [0.1, 0.15) is 28.7 Å². The molecule has 0 aliphatic heterocycles. The molecule has 0 saturated heterocycles. The van der Waals surface area contributed by atoms with E-state index in [-0.39, 0.29) is 5.97 Å². The topological polar surface area (TPSA) is 43.6 Å². The molecular weight excluding hydrogens is 204 g/mol. The van der Waals surface area contributed by atoms with E-state index < -0.39 is 0 Å². The van der Waals surface area contributed by atoms with E-state index in [1.165, 1.54) is 0 Å². The highest BCUT2D eigenvalue weighted by molar-refractivity contribution is 5.88. The van der Waals surface area contributed by atoms with Crippen LogP contribution in [0.5, 0.6) is 0 Å². The van der Waals surface area contributed by atoms with E-state index >= 15 is 0 Å². The number of pyridine rings is 1. The average molecular weight is 218 g/mol. The third-order valence-electron chi connectivity index (χ3n) is 2.42. The Bertz CT molecular complexity index is 543. The van der Waals surface area contributed by atoms with Crippen LogP contribution in [-0.4, -0.2) is 22.0 Å². The molecule has 0 atom stereocenters. The Morgan fingerprint density at radius 2 is 2.19 bits per heavy atom. The number of hydrogen-bond acceptors (Lipinski definition) is 3. The molecule has 0 radical (unpaired) electrons. The van der Waals surface area contributed by atoms with Crippen LogP contribution in [-0.2, 0) is 4.74 Å². The summed E-state index contributed by atoms with van der Waals surface area (Å²) in [6, 6.07) is 3.95. The van der Waals surface area contributed by atoms with Gasteiger partial charge < -0.3 is 4.74 Å². The Balaban J connectivity index is 2.60. The van der Waals surface area contributed by atoms with Crippen molar-refractivity contribution in [3.63, 3.8) is 0 Å². The molecule has 4 heteroatoms. The highest BCUT2D eigenvalue weighted by atomic mass is 16.5. The van der Waals surface area contributed by atoms with Crippen molar-refractivity contribution in [2.24, 2.45) is 0 Å². The molecule has 84 valence electrons. The highest BCUT2D eigenvalue weighted by Crippen LogP contribution is 2.13. The molecule has 4 nitrogen and oxygen atoms in total. The monoisotopic (exact) mass is 218 g/mol. The highest BCUT2D eigenvalue weighted by Gasteiger charge is 2.14. The molecule has 0 amide bonds. The zero-order chi connectivity index (χ0) is 11.7. The first kappa shape index (κ1) is 10.7. The first-order chi connectivity index (χ1) is 7.63. The lowest BCUT2D eigenvalue weighted by Crippen LogP contribution is -2.09. The van der Waals surface area contributed by atoms with Gasteiger partial charge in [0.15, 0.2) is 5.69 Å². The lowest BCUT2D eigenvalue weighted by Gasteiger charge is -2.05. The van der Waals surface area contributed by atoms with Gasteiger partial charge in [0.2, 0.25) is 0 Å². The van der Waals surface area contributed by atoms with E-state index in [4.69, 9.17) is 4.74 Å². The Labute approximate surface area is 93.9 Å². The number of imidazole rings is 1. The standard InChI is InChI=1S/C12H14N2O2/c1-4-16-12(15)10-7-13-11-6-8(2)5-9(3)14(10)11/h5-7H,4H2,1-3H3. The molecule has 0 aliphatic carbocycles. The fraction of sp³-hybridized carbons (Fsp3) is 0.333. The van der Waals surface area contributed by atoms with Crippen LogP contribution >= 0.6 is 0 Å². The molecule has 0 fully saturated rings. The van der Waals surface area contributed by atoms with Crippen LogP contribution in [0.3, 0.4) is 0 Å². The molecule has 2 heterocycles. The molecule has 2 aromatic rings. The fourth-order valence-corrected chi connectivity index (χ4v) is 1.83. The molecule has 0 saturated carbocycles. The van der Waals surface area contributed by atoms with Gasteiger partial charge in [0.25, 0.3) is 0 Å². The van der Waals surface area contributed by atoms with Gasteiger partial charge in [-0.1, -0.05) is 0 Å². The second-order valence-corrected chi connectivity index (χ2v) is 3.73. The first-order valence-corrected chi connectivity index (χ1v) is 5.25. The summed E-state index contributed by atoms with van der Waals surface area (Å²) in [6.45, 7) is 6.12. The smallest absolute Gasteiger partial charge is 0.356 e. The van der Waals surface area contributed by atoms with Gasteiger partial charge in [0, 0.05) is 5.69 Å². The van der Waals surface area contributed by atoms with Gasteiger partial charge in [-0.15, -0.1) is 0 Å². The molecule has 0 aromatic carbocycles. The number of esters is 1. The summed E-state index contributed by atoms with van der Waals surface area (Å²) in [6.07, 6.45) is 1.56. The van der Waals surface area contributed by atoms with Crippen molar-refractivity contribution >= 4 is 11.6 Å². The van der Waals surface area contributed by atoms with Crippen molar-refractivity contribution in [3.8, 4) is 0 Å². The quantitative estimate of drug-likeness (QED) is 0.725. The van der Waals surface area contributed by atoms with Crippen LogP contribution in [0, 0.1) is 13.8 Å². The second-order valence-electron chi connectivity index (χ2n) is 3.73. The SMILES string of the molecule is CCOC(=O)c1cnc2cc(C)cc(C)n12. The minimum atomic E-state index is -0.332. The zero-order valence-electron chi connectivity index (χ0n) is 9.65. The van der Waals surface area contributed by atoms with Gasteiger partial charge in [-0.05, 0) is 38.5 Å². The van der Waals surface area contributed by atoms with Gasteiger partial charge in [0.1, 0.15) is 5.65 Å². The molecule has 0 N–H and O–H groups in total. The number of carbonyl (C=O) groups is 1. The van der Waals surface area contributed by atoms with Crippen molar-refractivity contribution in [2.75, 3.05) is 6.61 Å². The van der Waals surface area contributed by atoms with Gasteiger partial charge in [-0.3, -0.25) is 4.40 Å². The molecule has 16 heavy (non-hydrogen) atoms. The second kappa shape index (κ2) is 3.96. The number of fused-ring (bicyclic) bond motifs is 1. The van der Waals surface area contributed by atoms with Crippen LogP contribution in [0.25, 0.3) is 5.65 Å². The number of hydrogen-bond donors (Lipinski definition) is 0. The molecule has 2 rings (SSSR count). The van der Waals surface area contributed by atoms with E-state index in [1.807, 2.05) is 30.4 Å². The summed E-state index contributed by atoms with van der Waals surface area (Å²) < 4.78 is 6.79. The Morgan fingerprint density at radius 1 is 1.44 bits per heavy atom. The van der Waals surface area contributed by atoms with Gasteiger partial charge in [-0.25, -0.2) is 9.78 Å². The van der Waals surface area contributed by atoms with E-state index in [0.717, 1.165) is 16.9 Å². The Hall–Kier alpha value is -1.84. The van der Waals surface area contributed by atoms with E-state index in [9.17, 15) is 4.79 Å². The predicted octanol–water partition coefficient (Wildman–Crippen LogP) is 2.13. The summed E-state index contributed by atoms with van der Waals surface area (Å²) in [5, 5.41) is 0. The van der Waals surface area contributed by atoms with Gasteiger partial charge >= 0.3 is 5.97 Å². The molecule has 0 unspecified atom stereocenters. The van der Waals surface area contributed by atoms with E-state index in [1.54, 1.807) is 13.1 Å². The van der Waals surface area contributed by atoms with Crippen molar-refractivity contribution < 1.29 is 9.53 Å². The van der Waals surface area contributed by atoms with Gasteiger partial charge in [-0.2, -0.15) is 0 Å². The van der Waals surface area contributed by atoms with E-state index in [2.05, 4.69) is 4.98 Å². The predicted molar refractivity (Wildman–Crippen MR) is 60.6 cm³/mol.